The number of halogens is 3. The molecule has 1 aliphatic rings. The molecule has 2 rings (SSSR count). The lowest BCUT2D eigenvalue weighted by atomic mass is 9.84. The van der Waals surface area contributed by atoms with Crippen molar-refractivity contribution < 1.29 is 21.6 Å². The van der Waals surface area contributed by atoms with Crippen LogP contribution in [0.25, 0.3) is 0 Å². The van der Waals surface area contributed by atoms with Gasteiger partial charge < -0.3 is 0 Å². The molecule has 0 aromatic heterocycles. The molecule has 1 atom stereocenters. The van der Waals surface area contributed by atoms with E-state index in [1.165, 1.54) is 12.1 Å². The largest absolute Gasteiger partial charge is 0.405 e. The van der Waals surface area contributed by atoms with Crippen molar-refractivity contribution in [1.82, 2.24) is 4.72 Å². The van der Waals surface area contributed by atoms with Crippen molar-refractivity contribution in [3.8, 4) is 0 Å². The zero-order valence-electron chi connectivity index (χ0n) is 12.4. The van der Waals surface area contributed by atoms with E-state index in [1.54, 1.807) is 19.1 Å². The van der Waals surface area contributed by atoms with Gasteiger partial charge in [-0.05, 0) is 37.8 Å². The predicted molar refractivity (Wildman–Crippen MR) is 77.9 cm³/mol. The van der Waals surface area contributed by atoms with Crippen LogP contribution in [0.5, 0.6) is 0 Å². The molecule has 3 nitrogen and oxygen atoms in total. The molecule has 0 spiro atoms. The smallest absolute Gasteiger partial charge is 0.207 e. The number of hydrogen-bond donors (Lipinski definition) is 1. The van der Waals surface area contributed by atoms with E-state index >= 15 is 0 Å². The summed E-state index contributed by atoms with van der Waals surface area (Å²) in [6.07, 6.45) is -1.44. The first-order valence-electron chi connectivity index (χ1n) is 7.36. The van der Waals surface area contributed by atoms with E-state index in [0.29, 0.717) is 25.7 Å². The van der Waals surface area contributed by atoms with E-state index < -0.39 is 28.2 Å². The zero-order valence-corrected chi connectivity index (χ0v) is 13.2. The molecule has 0 amide bonds. The minimum atomic E-state index is -4.58. The molecule has 0 aliphatic heterocycles. The van der Waals surface area contributed by atoms with Gasteiger partial charge in [-0.2, -0.15) is 17.9 Å². The lowest BCUT2D eigenvalue weighted by molar-refractivity contribution is -0.165. The van der Waals surface area contributed by atoms with E-state index in [2.05, 4.69) is 0 Å². The molecule has 1 aromatic carbocycles. The Morgan fingerprint density at radius 1 is 1.09 bits per heavy atom. The number of benzene rings is 1. The standard InChI is InChI=1S/C15H20F3NO2S/c1-11-7-9-13(10-8-11)22(20,21)19-14(15(16,17)18)12-5-3-2-4-6-12/h7-10,12,14,19H,2-6H2,1H3. The summed E-state index contributed by atoms with van der Waals surface area (Å²) in [6, 6.07) is 3.77. The minimum Gasteiger partial charge on any atom is -0.207 e. The Morgan fingerprint density at radius 2 is 1.64 bits per heavy atom. The Morgan fingerprint density at radius 3 is 2.14 bits per heavy atom. The van der Waals surface area contributed by atoms with Crippen LogP contribution >= 0.6 is 0 Å². The van der Waals surface area contributed by atoms with Crippen molar-refractivity contribution in [1.29, 1.82) is 0 Å². The van der Waals surface area contributed by atoms with Crippen LogP contribution in [0.3, 0.4) is 0 Å². The molecule has 0 heterocycles. The summed E-state index contributed by atoms with van der Waals surface area (Å²) in [5.74, 6) is -0.686. The van der Waals surface area contributed by atoms with E-state index in [4.69, 9.17) is 0 Å². The summed E-state index contributed by atoms with van der Waals surface area (Å²) in [5, 5.41) is 0. The van der Waals surface area contributed by atoms with Crippen molar-refractivity contribution in [2.45, 2.75) is 56.1 Å². The Labute approximate surface area is 129 Å². The fourth-order valence-electron chi connectivity index (χ4n) is 2.85. The highest BCUT2D eigenvalue weighted by Crippen LogP contribution is 2.35. The van der Waals surface area contributed by atoms with E-state index in [0.717, 1.165) is 12.0 Å². The molecule has 1 saturated carbocycles. The molecule has 1 N–H and O–H groups in total. The topological polar surface area (TPSA) is 46.2 Å². The quantitative estimate of drug-likeness (QED) is 0.910. The zero-order chi connectivity index (χ0) is 16.4. The summed E-state index contributed by atoms with van der Waals surface area (Å²) in [4.78, 5) is -0.136. The second kappa shape index (κ2) is 6.58. The third-order valence-corrected chi connectivity index (χ3v) is 5.54. The number of rotatable bonds is 4. The number of alkyl halides is 3. The summed E-state index contributed by atoms with van der Waals surface area (Å²) in [6.45, 7) is 1.78. The SMILES string of the molecule is Cc1ccc(S(=O)(=O)NC(C2CCCCC2)C(F)(F)F)cc1. The average Bonchev–Trinajstić information content (AvgIpc) is 2.45. The van der Waals surface area contributed by atoms with Gasteiger partial charge in [0.1, 0.15) is 6.04 Å². The number of nitrogens with one attached hydrogen (secondary N) is 1. The molecule has 0 saturated heterocycles. The second-order valence-electron chi connectivity index (χ2n) is 5.85. The van der Waals surface area contributed by atoms with Gasteiger partial charge in [0, 0.05) is 0 Å². The van der Waals surface area contributed by atoms with Gasteiger partial charge in [0.2, 0.25) is 10.0 Å². The molecule has 1 fully saturated rings. The van der Waals surface area contributed by atoms with E-state index in [9.17, 15) is 21.6 Å². The maximum Gasteiger partial charge on any atom is 0.405 e. The van der Waals surface area contributed by atoms with Crippen molar-refractivity contribution in [3.05, 3.63) is 29.8 Å². The Bertz CT molecular complexity index is 590. The van der Waals surface area contributed by atoms with Crippen LogP contribution in [0.2, 0.25) is 0 Å². The molecule has 1 unspecified atom stereocenters. The maximum absolute atomic E-state index is 13.3. The molecule has 22 heavy (non-hydrogen) atoms. The van der Waals surface area contributed by atoms with Crippen molar-refractivity contribution >= 4 is 10.0 Å². The van der Waals surface area contributed by atoms with Crippen LogP contribution in [0, 0.1) is 12.8 Å². The summed E-state index contributed by atoms with van der Waals surface area (Å²) >= 11 is 0. The molecular weight excluding hydrogens is 315 g/mol. The molecule has 1 aromatic rings. The first-order valence-corrected chi connectivity index (χ1v) is 8.84. The molecule has 0 radical (unpaired) electrons. The fraction of sp³-hybridized carbons (Fsp3) is 0.600. The number of sulfonamides is 1. The Balaban J connectivity index is 2.23. The van der Waals surface area contributed by atoms with Crippen LogP contribution < -0.4 is 4.72 Å². The second-order valence-corrected chi connectivity index (χ2v) is 7.57. The lowest BCUT2D eigenvalue weighted by Crippen LogP contribution is -2.50. The van der Waals surface area contributed by atoms with Crippen LogP contribution in [-0.4, -0.2) is 20.6 Å². The first kappa shape index (κ1) is 17.3. The van der Waals surface area contributed by atoms with Crippen LogP contribution in [-0.2, 0) is 10.0 Å². The van der Waals surface area contributed by atoms with Gasteiger partial charge in [-0.15, -0.1) is 0 Å². The van der Waals surface area contributed by atoms with Gasteiger partial charge in [0.25, 0.3) is 0 Å². The highest BCUT2D eigenvalue weighted by Gasteiger charge is 2.46. The van der Waals surface area contributed by atoms with Gasteiger partial charge in [-0.25, -0.2) is 8.42 Å². The van der Waals surface area contributed by atoms with Gasteiger partial charge in [-0.3, -0.25) is 0 Å². The first-order chi connectivity index (χ1) is 10.2. The van der Waals surface area contributed by atoms with Gasteiger partial charge in [0.15, 0.2) is 0 Å². The molecular formula is C15H20F3NO2S. The molecule has 0 bridgehead atoms. The van der Waals surface area contributed by atoms with Crippen LogP contribution in [0.4, 0.5) is 13.2 Å². The molecule has 1 aliphatic carbocycles. The highest BCUT2D eigenvalue weighted by molar-refractivity contribution is 7.89. The monoisotopic (exact) mass is 335 g/mol. The third-order valence-electron chi connectivity index (χ3n) is 4.09. The summed E-state index contributed by atoms with van der Waals surface area (Å²) < 4.78 is 66.2. The summed E-state index contributed by atoms with van der Waals surface area (Å²) in [7, 11) is -4.18. The van der Waals surface area contributed by atoms with E-state index in [1.807, 2.05) is 4.72 Å². The third kappa shape index (κ3) is 4.23. The number of aryl methyl sites for hydroxylation is 1. The predicted octanol–water partition coefficient (Wildman–Crippen LogP) is 3.78. The normalized spacial score (nSPS) is 19.1. The van der Waals surface area contributed by atoms with Gasteiger partial charge >= 0.3 is 6.18 Å². The fourth-order valence-corrected chi connectivity index (χ4v) is 4.14. The Kier molecular flexibility index (Phi) is 5.17. The maximum atomic E-state index is 13.3. The summed E-state index contributed by atoms with van der Waals surface area (Å²) in [5.41, 5.74) is 0.846. The van der Waals surface area contributed by atoms with Gasteiger partial charge in [-0.1, -0.05) is 37.0 Å². The Hall–Kier alpha value is -1.08. The van der Waals surface area contributed by atoms with E-state index in [-0.39, 0.29) is 4.90 Å². The minimum absolute atomic E-state index is 0.136. The molecule has 7 heteroatoms. The van der Waals surface area contributed by atoms with Crippen molar-refractivity contribution in [2.24, 2.45) is 5.92 Å². The van der Waals surface area contributed by atoms with Crippen LogP contribution in [0.15, 0.2) is 29.2 Å². The lowest BCUT2D eigenvalue weighted by Gasteiger charge is -2.32. The van der Waals surface area contributed by atoms with Gasteiger partial charge in [0.05, 0.1) is 4.90 Å². The number of hydrogen-bond acceptors (Lipinski definition) is 2. The molecule has 124 valence electrons. The highest BCUT2D eigenvalue weighted by atomic mass is 32.2. The average molecular weight is 335 g/mol. The van der Waals surface area contributed by atoms with Crippen molar-refractivity contribution in [2.75, 3.05) is 0 Å². The van der Waals surface area contributed by atoms with Crippen molar-refractivity contribution in [3.63, 3.8) is 0 Å². The van der Waals surface area contributed by atoms with Crippen LogP contribution in [0.1, 0.15) is 37.7 Å².